The van der Waals surface area contributed by atoms with Crippen LogP contribution in [0.2, 0.25) is 5.02 Å². The molecule has 1 aromatic rings. The van der Waals surface area contributed by atoms with Crippen LogP contribution >= 0.6 is 27.5 Å². The molecule has 1 aromatic carbocycles. The molecule has 1 heterocycles. The highest BCUT2D eigenvalue weighted by Crippen LogP contribution is 2.34. The molecule has 0 bridgehead atoms. The third kappa shape index (κ3) is 2.72. The number of benzene rings is 1. The Labute approximate surface area is 102 Å². The number of aliphatic hydroxyl groups is 1. The third-order valence-electron chi connectivity index (χ3n) is 2.56. The molecule has 0 radical (unpaired) electrons. The fourth-order valence-corrected chi connectivity index (χ4v) is 2.38. The molecular formula is C11H12BrClO2. The molecule has 1 saturated heterocycles. The van der Waals surface area contributed by atoms with Gasteiger partial charge in [0.1, 0.15) is 0 Å². The van der Waals surface area contributed by atoms with Crippen molar-refractivity contribution in [3.63, 3.8) is 0 Å². The van der Waals surface area contributed by atoms with Crippen LogP contribution in [0.3, 0.4) is 0 Å². The molecule has 1 N–H and O–H groups in total. The van der Waals surface area contributed by atoms with Crippen molar-refractivity contribution in [2.75, 3.05) is 6.61 Å². The summed E-state index contributed by atoms with van der Waals surface area (Å²) in [6.07, 6.45) is 0.968. The quantitative estimate of drug-likeness (QED) is 0.860. The molecule has 0 amide bonds. The molecule has 2 unspecified atom stereocenters. The standard InChI is InChI=1S/C11H12BrClO2/c12-7-1-2-10(13)9(5-7)11-6-8(14)3-4-15-11/h1-2,5,8,11,14H,3-4,6H2. The van der Waals surface area contributed by atoms with Crippen LogP contribution in [0.15, 0.2) is 22.7 Å². The highest BCUT2D eigenvalue weighted by Gasteiger charge is 2.24. The molecule has 2 atom stereocenters. The smallest absolute Gasteiger partial charge is 0.0864 e. The van der Waals surface area contributed by atoms with Gasteiger partial charge >= 0.3 is 0 Å². The van der Waals surface area contributed by atoms with Gasteiger partial charge in [0.15, 0.2) is 0 Å². The minimum Gasteiger partial charge on any atom is -0.393 e. The van der Waals surface area contributed by atoms with Crippen molar-refractivity contribution in [1.29, 1.82) is 0 Å². The molecule has 0 saturated carbocycles. The summed E-state index contributed by atoms with van der Waals surface area (Å²) in [5, 5.41) is 10.3. The number of aliphatic hydroxyl groups excluding tert-OH is 1. The molecule has 2 nitrogen and oxygen atoms in total. The van der Waals surface area contributed by atoms with E-state index in [9.17, 15) is 5.11 Å². The van der Waals surface area contributed by atoms with Crippen molar-refractivity contribution in [2.45, 2.75) is 25.0 Å². The van der Waals surface area contributed by atoms with Gasteiger partial charge in [-0.25, -0.2) is 0 Å². The maximum atomic E-state index is 9.57. The lowest BCUT2D eigenvalue weighted by Crippen LogP contribution is -2.23. The zero-order valence-electron chi connectivity index (χ0n) is 8.12. The first kappa shape index (κ1) is 11.4. The second-order valence-corrected chi connectivity index (χ2v) is 5.03. The van der Waals surface area contributed by atoms with Gasteiger partial charge in [0.2, 0.25) is 0 Å². The lowest BCUT2D eigenvalue weighted by molar-refractivity contribution is -0.0447. The molecule has 82 valence electrons. The van der Waals surface area contributed by atoms with E-state index in [1.165, 1.54) is 0 Å². The first-order valence-corrected chi connectivity index (χ1v) is 6.08. The van der Waals surface area contributed by atoms with E-state index in [1.54, 1.807) is 0 Å². The van der Waals surface area contributed by atoms with Crippen molar-refractivity contribution in [3.8, 4) is 0 Å². The third-order valence-corrected chi connectivity index (χ3v) is 3.40. The van der Waals surface area contributed by atoms with E-state index in [1.807, 2.05) is 18.2 Å². The van der Waals surface area contributed by atoms with Crippen molar-refractivity contribution in [3.05, 3.63) is 33.3 Å². The minimum absolute atomic E-state index is 0.0845. The van der Waals surface area contributed by atoms with Crippen LogP contribution < -0.4 is 0 Å². The van der Waals surface area contributed by atoms with E-state index >= 15 is 0 Å². The first-order valence-electron chi connectivity index (χ1n) is 4.91. The highest BCUT2D eigenvalue weighted by molar-refractivity contribution is 9.10. The van der Waals surface area contributed by atoms with Gasteiger partial charge < -0.3 is 9.84 Å². The van der Waals surface area contributed by atoms with Crippen LogP contribution in [0.4, 0.5) is 0 Å². The molecule has 2 rings (SSSR count). The Balaban J connectivity index is 2.24. The second-order valence-electron chi connectivity index (χ2n) is 3.70. The van der Waals surface area contributed by atoms with Gasteiger partial charge in [-0.05, 0) is 24.6 Å². The van der Waals surface area contributed by atoms with Crippen molar-refractivity contribution in [2.24, 2.45) is 0 Å². The molecular weight excluding hydrogens is 279 g/mol. The molecule has 1 aliphatic heterocycles. The Morgan fingerprint density at radius 2 is 2.27 bits per heavy atom. The summed E-state index contributed by atoms with van der Waals surface area (Å²) >= 11 is 9.50. The number of ether oxygens (including phenoxy) is 1. The maximum absolute atomic E-state index is 9.57. The zero-order chi connectivity index (χ0) is 10.8. The van der Waals surface area contributed by atoms with Gasteiger partial charge in [0, 0.05) is 28.1 Å². The summed E-state index contributed by atoms with van der Waals surface area (Å²) in [6, 6.07) is 5.68. The van der Waals surface area contributed by atoms with Crippen LogP contribution in [-0.2, 0) is 4.74 Å². The molecule has 0 spiro atoms. The van der Waals surface area contributed by atoms with Gasteiger partial charge in [0.05, 0.1) is 12.2 Å². The van der Waals surface area contributed by atoms with Crippen LogP contribution in [0.5, 0.6) is 0 Å². The van der Waals surface area contributed by atoms with Gasteiger partial charge in [0.25, 0.3) is 0 Å². The summed E-state index contributed by atoms with van der Waals surface area (Å²) in [6.45, 7) is 0.592. The van der Waals surface area contributed by atoms with Gasteiger partial charge in [-0.2, -0.15) is 0 Å². The number of hydrogen-bond donors (Lipinski definition) is 1. The fraction of sp³-hybridized carbons (Fsp3) is 0.455. The van der Waals surface area contributed by atoms with Gasteiger partial charge in [-0.1, -0.05) is 27.5 Å². The Bertz CT molecular complexity index is 356. The largest absolute Gasteiger partial charge is 0.393 e. The van der Waals surface area contributed by atoms with Crippen LogP contribution in [-0.4, -0.2) is 17.8 Å². The predicted octanol–water partition coefficient (Wildman–Crippen LogP) is 3.31. The van der Waals surface area contributed by atoms with E-state index in [0.717, 1.165) is 10.0 Å². The maximum Gasteiger partial charge on any atom is 0.0864 e. The summed E-state index contributed by atoms with van der Waals surface area (Å²) in [5.74, 6) is 0. The Morgan fingerprint density at radius 1 is 1.47 bits per heavy atom. The summed E-state index contributed by atoms with van der Waals surface area (Å²) in [7, 11) is 0. The van der Waals surface area contributed by atoms with Crippen molar-refractivity contribution >= 4 is 27.5 Å². The van der Waals surface area contributed by atoms with E-state index < -0.39 is 0 Å². The molecule has 0 aliphatic carbocycles. The minimum atomic E-state index is -0.279. The van der Waals surface area contributed by atoms with Crippen LogP contribution in [0, 0.1) is 0 Å². The van der Waals surface area contributed by atoms with E-state index in [0.29, 0.717) is 24.5 Å². The predicted molar refractivity (Wildman–Crippen MR) is 63.1 cm³/mol. The lowest BCUT2D eigenvalue weighted by Gasteiger charge is -2.27. The van der Waals surface area contributed by atoms with Crippen LogP contribution in [0.1, 0.15) is 24.5 Å². The lowest BCUT2D eigenvalue weighted by atomic mass is 9.99. The SMILES string of the molecule is OC1CCOC(c2cc(Br)ccc2Cl)C1. The first-order chi connectivity index (χ1) is 7.16. The Morgan fingerprint density at radius 3 is 3.00 bits per heavy atom. The van der Waals surface area contributed by atoms with E-state index in [2.05, 4.69) is 15.9 Å². The van der Waals surface area contributed by atoms with E-state index in [-0.39, 0.29) is 12.2 Å². The monoisotopic (exact) mass is 290 g/mol. The Hall–Kier alpha value is -0.0900. The second kappa shape index (κ2) is 4.83. The molecule has 4 heteroatoms. The van der Waals surface area contributed by atoms with Gasteiger partial charge in [-0.15, -0.1) is 0 Å². The average molecular weight is 292 g/mol. The van der Waals surface area contributed by atoms with Crippen LogP contribution in [0.25, 0.3) is 0 Å². The average Bonchev–Trinajstić information content (AvgIpc) is 2.22. The van der Waals surface area contributed by atoms with Crippen molar-refractivity contribution in [1.82, 2.24) is 0 Å². The fourth-order valence-electron chi connectivity index (χ4n) is 1.76. The van der Waals surface area contributed by atoms with E-state index in [4.69, 9.17) is 16.3 Å². The molecule has 15 heavy (non-hydrogen) atoms. The Kier molecular flexibility index (Phi) is 3.67. The summed E-state index contributed by atoms with van der Waals surface area (Å²) < 4.78 is 6.58. The van der Waals surface area contributed by atoms with Crippen molar-refractivity contribution < 1.29 is 9.84 Å². The highest BCUT2D eigenvalue weighted by atomic mass is 79.9. The molecule has 1 fully saturated rings. The normalized spacial score (nSPS) is 26.6. The molecule has 1 aliphatic rings. The zero-order valence-corrected chi connectivity index (χ0v) is 10.5. The molecule has 0 aromatic heterocycles. The van der Waals surface area contributed by atoms with Gasteiger partial charge in [-0.3, -0.25) is 0 Å². The number of halogens is 2. The number of rotatable bonds is 1. The topological polar surface area (TPSA) is 29.5 Å². The summed E-state index contributed by atoms with van der Waals surface area (Å²) in [5.41, 5.74) is 0.949. The summed E-state index contributed by atoms with van der Waals surface area (Å²) in [4.78, 5) is 0. The number of hydrogen-bond acceptors (Lipinski definition) is 2.